The average Bonchev–Trinajstić information content (AvgIpc) is 2.86. The number of aryl methyl sites for hydroxylation is 1. The van der Waals surface area contributed by atoms with E-state index in [0.29, 0.717) is 23.3 Å². The van der Waals surface area contributed by atoms with Crippen LogP contribution in [0.2, 0.25) is 0 Å². The van der Waals surface area contributed by atoms with Crippen LogP contribution in [0, 0.1) is 12.7 Å². The summed E-state index contributed by atoms with van der Waals surface area (Å²) in [5, 5.41) is 13.7. The number of carbonyl (C=O) groups is 2. The molecule has 7 nitrogen and oxygen atoms in total. The second kappa shape index (κ2) is 12.7. The number of hydrogen-bond acceptors (Lipinski definition) is 4. The van der Waals surface area contributed by atoms with Crippen LogP contribution in [0.25, 0.3) is 0 Å². The number of benzene rings is 2. The summed E-state index contributed by atoms with van der Waals surface area (Å²) >= 11 is 0. The van der Waals surface area contributed by atoms with Crippen molar-refractivity contribution in [2.75, 3.05) is 26.2 Å². The average molecular weight is 580 g/mol. The number of rotatable bonds is 7. The Morgan fingerprint density at radius 2 is 1.65 bits per heavy atom. The number of aliphatic hydroxyl groups excluding tert-OH is 1. The molecule has 3 rings (SSSR count). The number of aliphatic hydroxyl groups is 1. The summed E-state index contributed by atoms with van der Waals surface area (Å²) in [7, 11) is 0. The summed E-state index contributed by atoms with van der Waals surface area (Å²) in [6.45, 7) is 1.17. The molecule has 0 bridgehead atoms. The highest BCUT2D eigenvalue weighted by Gasteiger charge is 2.37. The third kappa shape index (κ3) is 8.23. The molecule has 0 aromatic heterocycles. The van der Waals surface area contributed by atoms with Crippen molar-refractivity contribution in [1.82, 2.24) is 15.5 Å². The molecule has 0 saturated carbocycles. The maximum atomic E-state index is 13.7. The molecular weight excluding hydrogens is 551 g/mol. The van der Waals surface area contributed by atoms with Crippen molar-refractivity contribution in [1.29, 1.82) is 0 Å². The van der Waals surface area contributed by atoms with Crippen LogP contribution < -0.4 is 10.6 Å². The topological polar surface area (TPSA) is 90.9 Å². The van der Waals surface area contributed by atoms with Gasteiger partial charge in [0, 0.05) is 32.5 Å². The number of likely N-dealkylation sites (tertiary alicyclic amines) is 1. The standard InChI is InChI=1S/C26H28F7N3O4/c1-15-10-19(27)2-3-21(15)22-14-20(40-24(39)35-7-9-37)5-8-36(22)23(38)34-6-4-16-11-17(25(28,29)30)13-18(12-16)26(31,32)33/h2-3,10-13,20,22,37H,4-9,14H2,1H3,(H,34,38)(H,35,39)/t20-,22+/m0/s1. The van der Waals surface area contributed by atoms with E-state index in [2.05, 4.69) is 10.6 Å². The minimum atomic E-state index is -4.99. The third-order valence-corrected chi connectivity index (χ3v) is 6.40. The number of nitrogens with zero attached hydrogens (tertiary/aromatic N) is 1. The number of piperidine rings is 1. The second-order valence-electron chi connectivity index (χ2n) is 9.31. The van der Waals surface area contributed by atoms with Crippen LogP contribution in [-0.2, 0) is 23.5 Å². The maximum absolute atomic E-state index is 13.7. The lowest BCUT2D eigenvalue weighted by atomic mass is 9.91. The summed E-state index contributed by atoms with van der Waals surface area (Å²) in [5.41, 5.74) is -2.04. The van der Waals surface area contributed by atoms with Gasteiger partial charge < -0.3 is 25.4 Å². The smallest absolute Gasteiger partial charge is 0.416 e. The van der Waals surface area contributed by atoms with E-state index >= 15 is 0 Å². The van der Waals surface area contributed by atoms with Gasteiger partial charge >= 0.3 is 24.5 Å². The first-order valence-electron chi connectivity index (χ1n) is 12.3. The van der Waals surface area contributed by atoms with Crippen molar-refractivity contribution in [3.8, 4) is 0 Å². The zero-order valence-electron chi connectivity index (χ0n) is 21.3. The van der Waals surface area contributed by atoms with E-state index in [9.17, 15) is 40.3 Å². The van der Waals surface area contributed by atoms with Crippen LogP contribution >= 0.6 is 0 Å². The van der Waals surface area contributed by atoms with Crippen LogP contribution in [0.5, 0.6) is 0 Å². The van der Waals surface area contributed by atoms with Crippen LogP contribution in [0.15, 0.2) is 36.4 Å². The van der Waals surface area contributed by atoms with Gasteiger partial charge in [-0.1, -0.05) is 6.07 Å². The highest BCUT2D eigenvalue weighted by molar-refractivity contribution is 5.75. The largest absolute Gasteiger partial charge is 0.446 e. The Labute approximate surface area is 225 Å². The molecule has 1 aliphatic heterocycles. The minimum Gasteiger partial charge on any atom is -0.446 e. The number of ether oxygens (including phenoxy) is 1. The van der Waals surface area contributed by atoms with E-state index in [1.54, 1.807) is 6.92 Å². The molecule has 0 aliphatic carbocycles. The number of hydrogen-bond donors (Lipinski definition) is 3. The van der Waals surface area contributed by atoms with Crippen molar-refractivity contribution >= 4 is 12.1 Å². The summed E-state index contributed by atoms with van der Waals surface area (Å²) in [6, 6.07) is 3.92. The molecule has 1 aliphatic rings. The normalized spacial score (nSPS) is 17.9. The Balaban J connectivity index is 1.74. The van der Waals surface area contributed by atoms with Crippen molar-refractivity contribution in [2.45, 2.75) is 50.7 Å². The number of urea groups is 1. The van der Waals surface area contributed by atoms with Gasteiger partial charge in [-0.15, -0.1) is 0 Å². The van der Waals surface area contributed by atoms with Gasteiger partial charge in [0.2, 0.25) is 0 Å². The fourth-order valence-corrected chi connectivity index (χ4v) is 4.52. The number of carbonyl (C=O) groups excluding carboxylic acids is 2. The van der Waals surface area contributed by atoms with Crippen LogP contribution in [-0.4, -0.2) is 54.5 Å². The summed E-state index contributed by atoms with van der Waals surface area (Å²) in [6.07, 6.45) is -11.3. The van der Waals surface area contributed by atoms with E-state index in [4.69, 9.17) is 9.84 Å². The Hall–Kier alpha value is -3.55. The lowest BCUT2D eigenvalue weighted by molar-refractivity contribution is -0.143. The minimum absolute atomic E-state index is 0.0169. The zero-order chi connectivity index (χ0) is 29.7. The van der Waals surface area contributed by atoms with E-state index in [1.165, 1.54) is 23.1 Å². The quantitative estimate of drug-likeness (QED) is 0.386. The van der Waals surface area contributed by atoms with Crippen molar-refractivity contribution in [2.24, 2.45) is 0 Å². The van der Waals surface area contributed by atoms with Gasteiger partial charge in [0.05, 0.1) is 23.8 Å². The fraction of sp³-hybridized carbons (Fsp3) is 0.462. The van der Waals surface area contributed by atoms with Crippen molar-refractivity contribution < 1.29 is 50.2 Å². The summed E-state index contributed by atoms with van der Waals surface area (Å²) in [5.74, 6) is -0.497. The predicted molar refractivity (Wildman–Crippen MR) is 129 cm³/mol. The molecule has 0 radical (unpaired) electrons. The number of amides is 3. The van der Waals surface area contributed by atoms with Crippen molar-refractivity contribution in [3.05, 3.63) is 70.0 Å². The first kappa shape index (κ1) is 31.0. The van der Waals surface area contributed by atoms with Gasteiger partial charge in [-0.05, 0) is 60.4 Å². The fourth-order valence-electron chi connectivity index (χ4n) is 4.52. The highest BCUT2D eigenvalue weighted by atomic mass is 19.4. The van der Waals surface area contributed by atoms with Gasteiger partial charge in [-0.2, -0.15) is 26.3 Å². The second-order valence-corrected chi connectivity index (χ2v) is 9.31. The van der Waals surface area contributed by atoms with E-state index in [-0.39, 0.29) is 57.1 Å². The predicted octanol–water partition coefficient (Wildman–Crippen LogP) is 5.35. The Kier molecular flexibility index (Phi) is 9.87. The molecule has 2 aromatic carbocycles. The Bertz CT molecular complexity index is 1170. The van der Waals surface area contributed by atoms with Gasteiger partial charge in [-0.25, -0.2) is 14.0 Å². The van der Waals surface area contributed by atoms with Crippen LogP contribution in [0.4, 0.5) is 40.3 Å². The molecule has 2 aromatic rings. The van der Waals surface area contributed by atoms with Gasteiger partial charge in [0.25, 0.3) is 0 Å². The SMILES string of the molecule is Cc1cc(F)ccc1[C@H]1C[C@@H](OC(=O)NCCO)CCN1C(=O)NCCc1cc(C(F)(F)F)cc(C(F)(F)F)c1. The molecule has 2 atom stereocenters. The van der Waals surface area contributed by atoms with Gasteiger partial charge in [-0.3, -0.25) is 0 Å². The van der Waals surface area contributed by atoms with E-state index < -0.39 is 53.6 Å². The van der Waals surface area contributed by atoms with Gasteiger partial charge in [0.15, 0.2) is 0 Å². The molecule has 3 amide bonds. The molecule has 220 valence electrons. The molecule has 14 heteroatoms. The number of alkyl halides is 6. The lowest BCUT2D eigenvalue weighted by Gasteiger charge is -2.40. The number of alkyl carbamates (subject to hydrolysis) is 1. The van der Waals surface area contributed by atoms with E-state index in [0.717, 1.165) is 0 Å². The molecule has 1 fully saturated rings. The molecule has 3 N–H and O–H groups in total. The van der Waals surface area contributed by atoms with Crippen LogP contribution in [0.3, 0.4) is 0 Å². The summed E-state index contributed by atoms with van der Waals surface area (Å²) in [4.78, 5) is 26.5. The number of nitrogens with one attached hydrogen (secondary N) is 2. The molecule has 1 saturated heterocycles. The molecular formula is C26H28F7N3O4. The highest BCUT2D eigenvalue weighted by Crippen LogP contribution is 2.37. The Morgan fingerprint density at radius 1 is 1.00 bits per heavy atom. The zero-order valence-corrected chi connectivity index (χ0v) is 21.3. The molecule has 0 spiro atoms. The first-order chi connectivity index (χ1) is 18.7. The number of halogens is 7. The third-order valence-electron chi connectivity index (χ3n) is 6.40. The molecule has 1 heterocycles. The van der Waals surface area contributed by atoms with Crippen LogP contribution in [0.1, 0.15) is 46.7 Å². The van der Waals surface area contributed by atoms with Gasteiger partial charge in [0.1, 0.15) is 11.9 Å². The van der Waals surface area contributed by atoms with Crippen molar-refractivity contribution in [3.63, 3.8) is 0 Å². The first-order valence-corrected chi connectivity index (χ1v) is 12.3. The van der Waals surface area contributed by atoms with E-state index in [1.807, 2.05) is 0 Å². The summed E-state index contributed by atoms with van der Waals surface area (Å²) < 4.78 is 98.0. The lowest BCUT2D eigenvalue weighted by Crippen LogP contribution is -2.49. The molecule has 40 heavy (non-hydrogen) atoms. The Morgan fingerprint density at radius 3 is 2.23 bits per heavy atom. The monoisotopic (exact) mass is 579 g/mol. The molecule has 0 unspecified atom stereocenters. The maximum Gasteiger partial charge on any atom is 0.416 e.